The lowest BCUT2D eigenvalue weighted by atomic mass is 9.94. The minimum absolute atomic E-state index is 0.127. The maximum atomic E-state index is 12.7. The molecule has 9 heteroatoms. The summed E-state index contributed by atoms with van der Waals surface area (Å²) in [5.41, 5.74) is 2.04. The Morgan fingerprint density at radius 3 is 2.21 bits per heavy atom. The van der Waals surface area contributed by atoms with E-state index in [1.54, 1.807) is 13.0 Å². The predicted molar refractivity (Wildman–Crippen MR) is 102 cm³/mol. The largest absolute Gasteiger partial charge is 0.573 e. The molecule has 2 aromatic carbocycles. The van der Waals surface area contributed by atoms with Gasteiger partial charge in [0.15, 0.2) is 0 Å². The number of aliphatic hydroxyl groups is 1. The third-order valence-corrected chi connectivity index (χ3v) is 6.44. The molecular formula is C20H22F3NO4S. The molecule has 1 aliphatic rings. The maximum Gasteiger partial charge on any atom is 0.573 e. The van der Waals surface area contributed by atoms with E-state index in [1.807, 2.05) is 0 Å². The molecule has 2 aromatic rings. The van der Waals surface area contributed by atoms with Crippen molar-refractivity contribution in [3.63, 3.8) is 0 Å². The number of rotatable bonds is 5. The van der Waals surface area contributed by atoms with E-state index in [0.717, 1.165) is 0 Å². The Labute approximate surface area is 167 Å². The number of ether oxygens (including phenoxy) is 1. The first-order chi connectivity index (χ1) is 13.5. The molecule has 0 heterocycles. The average molecular weight is 429 g/mol. The second kappa shape index (κ2) is 8.33. The van der Waals surface area contributed by atoms with Crippen LogP contribution >= 0.6 is 0 Å². The number of aliphatic hydroxyl groups excluding tert-OH is 1. The summed E-state index contributed by atoms with van der Waals surface area (Å²) in [5.74, 6) is -0.320. The molecule has 0 radical (unpaired) electrons. The van der Waals surface area contributed by atoms with Crippen LogP contribution < -0.4 is 9.46 Å². The van der Waals surface area contributed by atoms with Crippen LogP contribution in [0.25, 0.3) is 11.1 Å². The highest BCUT2D eigenvalue weighted by molar-refractivity contribution is 7.89. The molecule has 0 atom stereocenters. The normalized spacial score (nSPS) is 20.4. The van der Waals surface area contributed by atoms with Crippen LogP contribution in [-0.2, 0) is 10.0 Å². The smallest absolute Gasteiger partial charge is 0.406 e. The van der Waals surface area contributed by atoms with E-state index in [1.165, 1.54) is 36.4 Å². The standard InChI is InChI=1S/C20H22F3NO4S/c1-13-12-18(29(26,27)24-15-4-6-16(25)7-5-15)10-11-19(13)14-2-8-17(9-3-14)28-20(21,22)23/h2-3,8-12,15-16,24-25H,4-7H2,1H3/t15-,16-. The van der Waals surface area contributed by atoms with Gasteiger partial charge in [-0.25, -0.2) is 13.1 Å². The molecule has 29 heavy (non-hydrogen) atoms. The van der Waals surface area contributed by atoms with Gasteiger partial charge in [-0.15, -0.1) is 13.2 Å². The molecule has 0 bridgehead atoms. The predicted octanol–water partition coefficient (Wildman–Crippen LogP) is 4.14. The molecule has 0 aliphatic heterocycles. The quantitative estimate of drug-likeness (QED) is 0.749. The van der Waals surface area contributed by atoms with Crippen molar-refractivity contribution in [3.05, 3.63) is 48.0 Å². The Morgan fingerprint density at radius 1 is 1.03 bits per heavy atom. The number of sulfonamides is 1. The fourth-order valence-electron chi connectivity index (χ4n) is 3.44. The molecule has 0 saturated heterocycles. The monoisotopic (exact) mass is 429 g/mol. The Bertz CT molecular complexity index is 951. The number of hydrogen-bond donors (Lipinski definition) is 2. The van der Waals surface area contributed by atoms with Crippen molar-refractivity contribution < 1.29 is 31.4 Å². The molecule has 1 fully saturated rings. The Morgan fingerprint density at radius 2 is 1.66 bits per heavy atom. The van der Waals surface area contributed by atoms with Crippen LogP contribution in [0.2, 0.25) is 0 Å². The van der Waals surface area contributed by atoms with Gasteiger partial charge in [-0.1, -0.05) is 18.2 Å². The van der Waals surface area contributed by atoms with Gasteiger partial charge < -0.3 is 9.84 Å². The van der Waals surface area contributed by atoms with Gasteiger partial charge in [-0.2, -0.15) is 0 Å². The summed E-state index contributed by atoms with van der Waals surface area (Å²) in [4.78, 5) is 0.127. The first kappa shape index (κ1) is 21.6. The summed E-state index contributed by atoms with van der Waals surface area (Å²) in [5, 5.41) is 9.55. The van der Waals surface area contributed by atoms with E-state index < -0.39 is 16.4 Å². The summed E-state index contributed by atoms with van der Waals surface area (Å²) >= 11 is 0. The van der Waals surface area contributed by atoms with Gasteiger partial charge in [0.1, 0.15) is 5.75 Å². The van der Waals surface area contributed by atoms with Gasteiger partial charge in [0.05, 0.1) is 11.0 Å². The van der Waals surface area contributed by atoms with E-state index >= 15 is 0 Å². The summed E-state index contributed by atoms with van der Waals surface area (Å²) in [6, 6.07) is 9.85. The van der Waals surface area contributed by atoms with Gasteiger partial charge in [0, 0.05) is 6.04 Å². The van der Waals surface area contributed by atoms with Gasteiger partial charge in [0.25, 0.3) is 0 Å². The SMILES string of the molecule is Cc1cc(S(=O)(=O)N[C@H]2CC[C@H](O)CC2)ccc1-c1ccc(OC(F)(F)F)cc1. The molecule has 1 saturated carbocycles. The highest BCUT2D eigenvalue weighted by atomic mass is 32.2. The van der Waals surface area contributed by atoms with Crippen molar-refractivity contribution in [1.29, 1.82) is 0 Å². The zero-order valence-electron chi connectivity index (χ0n) is 15.7. The van der Waals surface area contributed by atoms with Crippen LogP contribution in [0, 0.1) is 6.92 Å². The van der Waals surface area contributed by atoms with E-state index in [4.69, 9.17) is 0 Å². The Hall–Kier alpha value is -2.10. The second-order valence-electron chi connectivity index (χ2n) is 7.18. The molecule has 2 N–H and O–H groups in total. The molecule has 5 nitrogen and oxygen atoms in total. The Balaban J connectivity index is 1.76. The number of nitrogens with one attached hydrogen (secondary N) is 1. The number of aryl methyl sites for hydroxylation is 1. The van der Waals surface area contributed by atoms with Gasteiger partial charge in [0.2, 0.25) is 10.0 Å². The van der Waals surface area contributed by atoms with Gasteiger partial charge >= 0.3 is 6.36 Å². The van der Waals surface area contributed by atoms with E-state index in [9.17, 15) is 26.7 Å². The van der Waals surface area contributed by atoms with Crippen LogP contribution in [0.1, 0.15) is 31.2 Å². The number of hydrogen-bond acceptors (Lipinski definition) is 4. The second-order valence-corrected chi connectivity index (χ2v) is 8.89. The molecule has 3 rings (SSSR count). The maximum absolute atomic E-state index is 12.7. The summed E-state index contributed by atoms with van der Waals surface area (Å²) < 4.78 is 68.7. The summed E-state index contributed by atoms with van der Waals surface area (Å²) in [6.07, 6.45) is -2.81. The third-order valence-electron chi connectivity index (χ3n) is 4.93. The summed E-state index contributed by atoms with van der Waals surface area (Å²) in [7, 11) is -3.70. The zero-order valence-corrected chi connectivity index (χ0v) is 16.6. The van der Waals surface area contributed by atoms with Crippen molar-refractivity contribution in [3.8, 4) is 16.9 Å². The highest BCUT2D eigenvalue weighted by Crippen LogP contribution is 2.30. The van der Waals surface area contributed by atoms with Crippen molar-refractivity contribution in [2.75, 3.05) is 0 Å². The molecule has 1 aliphatic carbocycles. The van der Waals surface area contributed by atoms with Crippen LogP contribution in [0.4, 0.5) is 13.2 Å². The van der Waals surface area contributed by atoms with Crippen LogP contribution in [-0.4, -0.2) is 32.0 Å². The van der Waals surface area contributed by atoms with Crippen LogP contribution in [0.3, 0.4) is 0 Å². The lowest BCUT2D eigenvalue weighted by molar-refractivity contribution is -0.274. The lowest BCUT2D eigenvalue weighted by Crippen LogP contribution is -2.38. The number of benzene rings is 2. The van der Waals surface area contributed by atoms with Gasteiger partial charge in [-0.3, -0.25) is 0 Å². The van der Waals surface area contributed by atoms with Crippen molar-refractivity contribution in [2.24, 2.45) is 0 Å². The molecule has 0 amide bonds. The molecular weight excluding hydrogens is 407 g/mol. The zero-order chi connectivity index (χ0) is 21.2. The van der Waals surface area contributed by atoms with E-state index in [2.05, 4.69) is 9.46 Å². The topological polar surface area (TPSA) is 75.6 Å². The molecule has 0 aromatic heterocycles. The summed E-state index contributed by atoms with van der Waals surface area (Å²) in [6.45, 7) is 1.74. The Kier molecular flexibility index (Phi) is 6.21. The van der Waals surface area contributed by atoms with Crippen molar-refractivity contribution in [2.45, 2.75) is 56.0 Å². The van der Waals surface area contributed by atoms with Crippen molar-refractivity contribution in [1.82, 2.24) is 4.72 Å². The lowest BCUT2D eigenvalue weighted by Gasteiger charge is -2.26. The van der Waals surface area contributed by atoms with Crippen LogP contribution in [0.15, 0.2) is 47.4 Å². The molecule has 0 unspecified atom stereocenters. The van der Waals surface area contributed by atoms with Crippen LogP contribution in [0.5, 0.6) is 5.75 Å². The fourth-order valence-corrected chi connectivity index (χ4v) is 4.83. The first-order valence-corrected chi connectivity index (χ1v) is 10.7. The van der Waals surface area contributed by atoms with E-state index in [-0.39, 0.29) is 22.8 Å². The fraction of sp³-hybridized carbons (Fsp3) is 0.400. The number of halogens is 3. The van der Waals surface area contributed by atoms with Gasteiger partial charge in [-0.05, 0) is 73.6 Å². The molecule has 0 spiro atoms. The third kappa shape index (κ3) is 5.71. The molecule has 158 valence electrons. The van der Waals surface area contributed by atoms with Crippen molar-refractivity contribution >= 4 is 10.0 Å². The first-order valence-electron chi connectivity index (χ1n) is 9.21. The number of alkyl halides is 3. The highest BCUT2D eigenvalue weighted by Gasteiger charge is 2.31. The minimum Gasteiger partial charge on any atom is -0.406 e. The minimum atomic E-state index is -4.75. The van der Waals surface area contributed by atoms with E-state index in [0.29, 0.717) is 42.4 Å². The average Bonchev–Trinajstić information content (AvgIpc) is 2.63.